The van der Waals surface area contributed by atoms with Gasteiger partial charge in [0.2, 0.25) is 11.9 Å². The second kappa shape index (κ2) is 5.62. The number of nitrogens with zero attached hydrogens (tertiary/aromatic N) is 3. The Morgan fingerprint density at radius 2 is 2.21 bits per heavy atom. The minimum Gasteiger partial charge on any atom is -0.387 e. The van der Waals surface area contributed by atoms with Crippen molar-refractivity contribution in [3.63, 3.8) is 0 Å². The number of aromatic amines is 1. The molecule has 4 heterocycles. The van der Waals surface area contributed by atoms with Crippen molar-refractivity contribution < 1.29 is 19.4 Å². The van der Waals surface area contributed by atoms with Gasteiger partial charge in [0.05, 0.1) is 6.33 Å². The number of nitrogens with one attached hydrogen (secondary N) is 2. The van der Waals surface area contributed by atoms with Gasteiger partial charge in [-0.15, -0.1) is 0 Å². The van der Waals surface area contributed by atoms with Crippen molar-refractivity contribution in [2.75, 3.05) is 5.32 Å². The summed E-state index contributed by atoms with van der Waals surface area (Å²) in [7, 11) is 0. The molecule has 0 radical (unpaired) electrons. The second-order valence-corrected chi connectivity index (χ2v) is 8.16. The summed E-state index contributed by atoms with van der Waals surface area (Å²) in [5, 5.41) is 13.5. The molecule has 1 amide bonds. The van der Waals surface area contributed by atoms with Gasteiger partial charge in [-0.05, 0) is 19.3 Å². The Balaban J connectivity index is 1.55. The first-order chi connectivity index (χ1) is 13.3. The van der Waals surface area contributed by atoms with E-state index in [0.29, 0.717) is 6.42 Å². The Kier molecular flexibility index (Phi) is 3.57. The predicted molar refractivity (Wildman–Crippen MR) is 97.6 cm³/mol. The summed E-state index contributed by atoms with van der Waals surface area (Å²) in [5.74, 6) is -0.474. The summed E-state index contributed by atoms with van der Waals surface area (Å²) in [6, 6.07) is 0. The lowest BCUT2D eigenvalue weighted by molar-refractivity contribution is -0.224. The average molecular weight is 389 g/mol. The highest BCUT2D eigenvalue weighted by Gasteiger charge is 2.77. The molecule has 5 rings (SSSR count). The lowest BCUT2D eigenvalue weighted by Crippen LogP contribution is -2.48. The van der Waals surface area contributed by atoms with Crippen molar-refractivity contribution in [1.82, 2.24) is 19.5 Å². The molecule has 28 heavy (non-hydrogen) atoms. The van der Waals surface area contributed by atoms with Gasteiger partial charge in [0.1, 0.15) is 23.4 Å². The topological polar surface area (TPSA) is 131 Å². The summed E-state index contributed by atoms with van der Waals surface area (Å²) in [5.41, 5.74) is -1.21. The van der Waals surface area contributed by atoms with Gasteiger partial charge in [-0.1, -0.05) is 20.8 Å². The van der Waals surface area contributed by atoms with Crippen LogP contribution >= 0.6 is 0 Å². The van der Waals surface area contributed by atoms with Crippen LogP contribution in [0, 0.1) is 5.92 Å². The summed E-state index contributed by atoms with van der Waals surface area (Å²) in [6.07, 6.45) is 1.86. The number of aliphatic hydroxyl groups excluding tert-OH is 1. The highest BCUT2D eigenvalue weighted by Crippen LogP contribution is 2.65. The maximum absolute atomic E-state index is 12.4. The van der Waals surface area contributed by atoms with Crippen LogP contribution in [-0.2, 0) is 14.3 Å². The van der Waals surface area contributed by atoms with Crippen molar-refractivity contribution in [2.45, 2.75) is 69.7 Å². The normalized spacial score (nSPS) is 32.5. The van der Waals surface area contributed by atoms with Crippen molar-refractivity contribution >= 4 is 23.0 Å². The number of carbonyl (C=O) groups excluding carboxylic acids is 1. The lowest BCUT2D eigenvalue weighted by atomic mass is 9.88. The number of hydrogen-bond acceptors (Lipinski definition) is 7. The molecular weight excluding hydrogens is 366 g/mol. The number of carbonyl (C=O) groups is 1. The minimum atomic E-state index is -0.760. The molecule has 2 aliphatic heterocycles. The predicted octanol–water partition coefficient (Wildman–Crippen LogP) is 0.684. The summed E-state index contributed by atoms with van der Waals surface area (Å²) in [6.45, 7) is 5.47. The largest absolute Gasteiger partial charge is 0.387 e. The molecule has 3 fully saturated rings. The lowest BCUT2D eigenvalue weighted by Gasteiger charge is -2.37. The van der Waals surface area contributed by atoms with Crippen LogP contribution in [0.15, 0.2) is 11.1 Å². The third kappa shape index (κ3) is 2.13. The minimum absolute atomic E-state index is 0.0476. The molecule has 1 spiro atoms. The quantitative estimate of drug-likeness (QED) is 0.701. The van der Waals surface area contributed by atoms with Crippen LogP contribution in [0.1, 0.15) is 46.3 Å². The Bertz CT molecular complexity index is 1030. The smallest absolute Gasteiger partial charge is 0.280 e. The molecule has 150 valence electrons. The molecule has 2 saturated heterocycles. The van der Waals surface area contributed by atoms with E-state index in [2.05, 4.69) is 20.3 Å². The number of ether oxygens (including phenoxy) is 2. The van der Waals surface area contributed by atoms with Gasteiger partial charge in [-0.2, -0.15) is 4.98 Å². The van der Waals surface area contributed by atoms with Crippen molar-refractivity contribution in [3.05, 3.63) is 16.7 Å². The van der Waals surface area contributed by atoms with Gasteiger partial charge < -0.3 is 14.6 Å². The monoisotopic (exact) mass is 389 g/mol. The van der Waals surface area contributed by atoms with Crippen molar-refractivity contribution in [2.24, 2.45) is 5.92 Å². The number of anilines is 1. The maximum atomic E-state index is 12.4. The number of fused-ring (bicyclic) bond motifs is 4. The van der Waals surface area contributed by atoms with Gasteiger partial charge in [0.25, 0.3) is 5.56 Å². The highest BCUT2D eigenvalue weighted by molar-refractivity contribution is 5.91. The molecule has 2 aromatic heterocycles. The van der Waals surface area contributed by atoms with Crippen LogP contribution in [0.4, 0.5) is 5.95 Å². The fourth-order valence-corrected chi connectivity index (χ4v) is 4.55. The van der Waals surface area contributed by atoms with E-state index >= 15 is 0 Å². The van der Waals surface area contributed by atoms with Crippen molar-refractivity contribution in [3.8, 4) is 0 Å². The highest BCUT2D eigenvalue weighted by atomic mass is 16.7. The number of H-pyrrole nitrogens is 1. The van der Waals surface area contributed by atoms with E-state index in [0.717, 1.165) is 12.8 Å². The number of rotatable bonds is 4. The van der Waals surface area contributed by atoms with Crippen LogP contribution in [0.3, 0.4) is 0 Å². The Hall–Kier alpha value is -2.30. The zero-order chi connectivity index (χ0) is 19.8. The molecule has 1 unspecified atom stereocenters. The number of hydrogen-bond donors (Lipinski definition) is 3. The molecule has 3 N–H and O–H groups in total. The summed E-state index contributed by atoms with van der Waals surface area (Å²) in [4.78, 5) is 35.4. The van der Waals surface area contributed by atoms with Crippen LogP contribution in [0.25, 0.3) is 11.2 Å². The molecule has 0 aromatic carbocycles. The molecular formula is C18H23N5O5. The third-order valence-corrected chi connectivity index (χ3v) is 6.24. The van der Waals surface area contributed by atoms with Gasteiger partial charge in [-0.25, -0.2) is 4.98 Å². The molecule has 3 aliphatic rings. The fourth-order valence-electron chi connectivity index (χ4n) is 4.55. The van der Waals surface area contributed by atoms with Gasteiger partial charge in [0, 0.05) is 5.92 Å². The molecule has 1 aliphatic carbocycles. The van der Waals surface area contributed by atoms with E-state index in [1.54, 1.807) is 18.4 Å². The summed E-state index contributed by atoms with van der Waals surface area (Å²) < 4.78 is 14.2. The second-order valence-electron chi connectivity index (χ2n) is 8.16. The summed E-state index contributed by atoms with van der Waals surface area (Å²) >= 11 is 0. The van der Waals surface area contributed by atoms with Gasteiger partial charge in [-0.3, -0.25) is 24.5 Å². The van der Waals surface area contributed by atoms with Crippen LogP contribution < -0.4 is 10.9 Å². The average Bonchev–Trinajstić information content (AvgIpc) is 3.12. The molecule has 2 bridgehead atoms. The molecule has 1 saturated carbocycles. The maximum Gasteiger partial charge on any atom is 0.280 e. The van der Waals surface area contributed by atoms with Crippen LogP contribution in [0.5, 0.6) is 0 Å². The Morgan fingerprint density at radius 1 is 1.46 bits per heavy atom. The van der Waals surface area contributed by atoms with E-state index < -0.39 is 35.2 Å². The first-order valence-corrected chi connectivity index (χ1v) is 9.63. The van der Waals surface area contributed by atoms with E-state index in [-0.39, 0.29) is 28.9 Å². The van der Waals surface area contributed by atoms with E-state index in [1.807, 2.05) is 6.92 Å². The zero-order valence-electron chi connectivity index (χ0n) is 15.9. The first-order valence-electron chi connectivity index (χ1n) is 9.63. The zero-order valence-corrected chi connectivity index (χ0v) is 15.9. The SMILES string of the molecule is CC[C@]12O[C@@H](n3cnc4c(=O)[nH]c(NC(=O)C(C)C)nc43)[C@@H](OC13CC3)C2O. The number of aromatic nitrogens is 4. The molecule has 4 atom stereocenters. The Morgan fingerprint density at radius 3 is 2.86 bits per heavy atom. The Labute approximate surface area is 160 Å². The van der Waals surface area contributed by atoms with Gasteiger partial charge in [0.15, 0.2) is 17.4 Å². The standard InChI is InChI=1S/C18H23N5O5/c1-4-18-11(24)10(27-17(18)5-6-17)15(28-18)23-7-19-9-12(23)20-16(22-14(9)26)21-13(25)8(2)3/h7-8,10-11,15,24H,4-6H2,1-3H3,(H2,20,21,22,25,26)/t10-,11?,15+,18+/m0/s1. The van der Waals surface area contributed by atoms with E-state index in [9.17, 15) is 14.7 Å². The van der Waals surface area contributed by atoms with E-state index in [4.69, 9.17) is 9.47 Å². The fraction of sp³-hybridized carbons (Fsp3) is 0.667. The molecule has 2 aromatic rings. The number of aliphatic hydroxyl groups is 1. The first kappa shape index (κ1) is 17.8. The van der Waals surface area contributed by atoms with Crippen molar-refractivity contribution in [1.29, 1.82) is 0 Å². The van der Waals surface area contributed by atoms with E-state index in [1.165, 1.54) is 6.33 Å². The van der Waals surface area contributed by atoms with Crippen LogP contribution in [-0.4, -0.2) is 53.9 Å². The third-order valence-electron chi connectivity index (χ3n) is 6.24. The number of amides is 1. The molecule has 10 nitrogen and oxygen atoms in total. The van der Waals surface area contributed by atoms with Crippen LogP contribution in [0.2, 0.25) is 0 Å². The van der Waals surface area contributed by atoms with Gasteiger partial charge >= 0.3 is 0 Å². The molecule has 10 heteroatoms. The number of imidazole rings is 1.